The first-order valence-electron chi connectivity index (χ1n) is 4.61. The third-order valence-corrected chi connectivity index (χ3v) is 1.68. The molecule has 0 rings (SSSR count). The highest BCUT2D eigenvalue weighted by Crippen LogP contribution is 2.06. The molecule has 0 aliphatic heterocycles. The van der Waals surface area contributed by atoms with Crippen molar-refractivity contribution in [2.75, 3.05) is 6.61 Å². The van der Waals surface area contributed by atoms with Crippen LogP contribution in [-0.2, 0) is 9.53 Å². The van der Waals surface area contributed by atoms with E-state index in [2.05, 4.69) is 13.5 Å². The Hall–Kier alpha value is -1.05. The zero-order valence-electron chi connectivity index (χ0n) is 8.45. The van der Waals surface area contributed by atoms with E-state index in [1.807, 2.05) is 6.08 Å². The molecule has 0 aliphatic rings. The summed E-state index contributed by atoms with van der Waals surface area (Å²) in [6.07, 6.45) is 6.98. The van der Waals surface area contributed by atoms with Crippen LogP contribution >= 0.6 is 0 Å². The molecule has 0 amide bonds. The van der Waals surface area contributed by atoms with Crippen molar-refractivity contribution < 1.29 is 9.53 Å². The number of carbonyl (C=O) groups excluding carboxylic acids is 1. The van der Waals surface area contributed by atoms with Crippen LogP contribution in [0.4, 0.5) is 0 Å². The van der Waals surface area contributed by atoms with E-state index < -0.39 is 0 Å². The van der Waals surface area contributed by atoms with E-state index in [0.29, 0.717) is 12.5 Å². The predicted octanol–water partition coefficient (Wildman–Crippen LogP) is 2.71. The molecule has 74 valence electrons. The molecule has 0 saturated carbocycles. The lowest BCUT2D eigenvalue weighted by molar-refractivity contribution is -0.139. The van der Waals surface area contributed by atoms with Crippen LogP contribution in [0.25, 0.3) is 0 Å². The molecule has 0 heterocycles. The molecule has 2 heteroatoms. The molecule has 0 aromatic carbocycles. The summed E-state index contributed by atoms with van der Waals surface area (Å²) >= 11 is 0. The van der Waals surface area contributed by atoms with Gasteiger partial charge in [0.25, 0.3) is 0 Å². The Morgan fingerprint density at radius 2 is 2.31 bits per heavy atom. The van der Waals surface area contributed by atoms with Crippen LogP contribution in [0.3, 0.4) is 0 Å². The summed E-state index contributed by atoms with van der Waals surface area (Å²) in [6.45, 7) is 7.99. The van der Waals surface area contributed by atoms with Crippen molar-refractivity contribution in [3.8, 4) is 0 Å². The first kappa shape index (κ1) is 11.9. The molecule has 0 aromatic heterocycles. The Labute approximate surface area is 80.3 Å². The number of carbonyl (C=O) groups is 1. The van der Waals surface area contributed by atoms with Crippen LogP contribution < -0.4 is 0 Å². The predicted molar refractivity (Wildman–Crippen MR) is 54.4 cm³/mol. The fourth-order valence-corrected chi connectivity index (χ4v) is 0.894. The Morgan fingerprint density at radius 1 is 1.62 bits per heavy atom. The fraction of sp³-hybridized carbons (Fsp3) is 0.545. The van der Waals surface area contributed by atoms with Crippen LogP contribution in [-0.4, -0.2) is 12.6 Å². The van der Waals surface area contributed by atoms with Gasteiger partial charge in [0, 0.05) is 6.08 Å². The van der Waals surface area contributed by atoms with Crippen LogP contribution in [0.2, 0.25) is 0 Å². The van der Waals surface area contributed by atoms with Crippen LogP contribution in [0, 0.1) is 5.92 Å². The Balaban J connectivity index is 3.50. The molecule has 0 saturated heterocycles. The zero-order chi connectivity index (χ0) is 10.1. The van der Waals surface area contributed by atoms with Crippen molar-refractivity contribution in [3.63, 3.8) is 0 Å². The highest BCUT2D eigenvalue weighted by molar-refractivity contribution is 5.81. The fourth-order valence-electron chi connectivity index (χ4n) is 0.894. The molecule has 0 fully saturated rings. The number of rotatable bonds is 6. The molecular weight excluding hydrogens is 164 g/mol. The normalized spacial score (nSPS) is 12.8. The molecule has 13 heavy (non-hydrogen) atoms. The highest BCUT2D eigenvalue weighted by Gasteiger charge is 2.03. The van der Waals surface area contributed by atoms with E-state index in [9.17, 15) is 4.79 Å². The van der Waals surface area contributed by atoms with Crippen molar-refractivity contribution in [2.45, 2.75) is 26.7 Å². The summed E-state index contributed by atoms with van der Waals surface area (Å²) < 4.78 is 4.98. The maximum Gasteiger partial charge on any atom is 0.330 e. The van der Waals surface area contributed by atoms with Crippen molar-refractivity contribution in [2.24, 2.45) is 5.92 Å². The first-order valence-corrected chi connectivity index (χ1v) is 4.61. The molecule has 0 bridgehead atoms. The Morgan fingerprint density at radius 3 is 2.85 bits per heavy atom. The van der Waals surface area contributed by atoms with Crippen molar-refractivity contribution in [1.82, 2.24) is 0 Å². The first-order chi connectivity index (χ1) is 6.20. The average Bonchev–Trinajstić information content (AvgIpc) is 2.12. The Kier molecular flexibility index (Phi) is 6.98. The second-order valence-electron chi connectivity index (χ2n) is 3.10. The molecule has 0 aliphatic carbocycles. The van der Waals surface area contributed by atoms with Gasteiger partial charge in [0.05, 0.1) is 6.61 Å². The van der Waals surface area contributed by atoms with E-state index in [1.165, 1.54) is 6.08 Å². The van der Waals surface area contributed by atoms with Crippen LogP contribution in [0.1, 0.15) is 26.7 Å². The summed E-state index contributed by atoms with van der Waals surface area (Å²) in [5.74, 6) is 0.153. The molecule has 0 unspecified atom stereocenters. The van der Waals surface area contributed by atoms with E-state index in [-0.39, 0.29) is 5.97 Å². The van der Waals surface area contributed by atoms with E-state index in [4.69, 9.17) is 4.74 Å². The second-order valence-corrected chi connectivity index (χ2v) is 3.10. The largest absolute Gasteiger partial charge is 0.462 e. The molecule has 0 spiro atoms. The van der Waals surface area contributed by atoms with Crippen LogP contribution in [0.15, 0.2) is 24.8 Å². The number of esters is 1. The molecular formula is C11H18O2. The van der Waals surface area contributed by atoms with Gasteiger partial charge in [-0.15, -0.1) is 6.58 Å². The van der Waals surface area contributed by atoms with E-state index >= 15 is 0 Å². The van der Waals surface area contributed by atoms with Gasteiger partial charge >= 0.3 is 5.97 Å². The van der Waals surface area contributed by atoms with Crippen molar-refractivity contribution in [3.05, 3.63) is 24.8 Å². The van der Waals surface area contributed by atoms with Gasteiger partial charge in [-0.2, -0.15) is 0 Å². The SMILES string of the molecule is C=CCC[C@@H](C)COC(=O)/C=C/C. The minimum absolute atomic E-state index is 0.257. The average molecular weight is 182 g/mol. The van der Waals surface area contributed by atoms with Crippen molar-refractivity contribution in [1.29, 1.82) is 0 Å². The van der Waals surface area contributed by atoms with Crippen molar-refractivity contribution >= 4 is 5.97 Å². The quantitative estimate of drug-likeness (QED) is 0.358. The molecule has 0 N–H and O–H groups in total. The Bertz CT molecular complexity index is 183. The van der Waals surface area contributed by atoms with E-state index in [0.717, 1.165) is 12.8 Å². The number of hydrogen-bond acceptors (Lipinski definition) is 2. The molecule has 1 atom stereocenters. The van der Waals surface area contributed by atoms with Gasteiger partial charge in [0.1, 0.15) is 0 Å². The van der Waals surface area contributed by atoms with Gasteiger partial charge in [0.2, 0.25) is 0 Å². The van der Waals surface area contributed by atoms with Gasteiger partial charge in [0.15, 0.2) is 0 Å². The molecule has 2 nitrogen and oxygen atoms in total. The van der Waals surface area contributed by atoms with Gasteiger partial charge in [-0.1, -0.05) is 19.1 Å². The number of allylic oxidation sites excluding steroid dienone is 2. The van der Waals surface area contributed by atoms with Gasteiger partial charge in [-0.25, -0.2) is 4.79 Å². The second kappa shape index (κ2) is 7.59. The standard InChI is InChI=1S/C11H18O2/c1-4-6-8-10(3)9-13-11(12)7-5-2/h4-5,7,10H,1,6,8-9H2,2-3H3/b7-5+/t10-/m1/s1. The third kappa shape index (κ3) is 7.32. The molecule has 0 aromatic rings. The van der Waals surface area contributed by atoms with Gasteiger partial charge in [-0.3, -0.25) is 0 Å². The van der Waals surface area contributed by atoms with Gasteiger partial charge in [-0.05, 0) is 25.7 Å². The molecule has 0 radical (unpaired) electrons. The summed E-state index contributed by atoms with van der Waals surface area (Å²) in [7, 11) is 0. The topological polar surface area (TPSA) is 26.3 Å². The monoisotopic (exact) mass is 182 g/mol. The highest BCUT2D eigenvalue weighted by atomic mass is 16.5. The summed E-state index contributed by atoms with van der Waals surface area (Å²) in [5, 5.41) is 0. The lowest BCUT2D eigenvalue weighted by Gasteiger charge is -2.09. The smallest absolute Gasteiger partial charge is 0.330 e. The summed E-state index contributed by atoms with van der Waals surface area (Å²) in [6, 6.07) is 0. The maximum atomic E-state index is 10.9. The lowest BCUT2D eigenvalue weighted by atomic mass is 10.1. The van der Waals surface area contributed by atoms with Crippen LogP contribution in [0.5, 0.6) is 0 Å². The minimum Gasteiger partial charge on any atom is -0.462 e. The minimum atomic E-state index is -0.257. The van der Waals surface area contributed by atoms with Gasteiger partial charge < -0.3 is 4.74 Å². The zero-order valence-corrected chi connectivity index (χ0v) is 8.45. The summed E-state index contributed by atoms with van der Waals surface area (Å²) in [4.78, 5) is 10.9. The third-order valence-electron chi connectivity index (χ3n) is 1.68. The maximum absolute atomic E-state index is 10.9. The van der Waals surface area contributed by atoms with E-state index in [1.54, 1.807) is 13.0 Å². The number of ether oxygens (including phenoxy) is 1. The lowest BCUT2D eigenvalue weighted by Crippen LogP contribution is -2.09. The summed E-state index contributed by atoms with van der Waals surface area (Å²) in [5.41, 5.74) is 0. The number of hydrogen-bond donors (Lipinski definition) is 0.